The number of halogens is 1. The number of carbonyl (C=O) groups excluding carboxylic acids is 2. The largest absolute Gasteiger partial charge is 0.488 e. The molecule has 0 N–H and O–H groups in total. The van der Waals surface area contributed by atoms with Crippen molar-refractivity contribution in [3.05, 3.63) is 63.3 Å². The van der Waals surface area contributed by atoms with E-state index in [1.54, 1.807) is 43.3 Å². The molecule has 0 amide bonds. The molecule has 6 nitrogen and oxygen atoms in total. The van der Waals surface area contributed by atoms with Crippen LogP contribution in [0.4, 0.5) is 0 Å². The van der Waals surface area contributed by atoms with Gasteiger partial charge < -0.3 is 18.6 Å². The second-order valence-electron chi connectivity index (χ2n) is 8.03. The zero-order valence-corrected chi connectivity index (χ0v) is 19.8. The molecule has 1 aromatic heterocycles. The minimum absolute atomic E-state index is 0.274. The molecule has 0 saturated heterocycles. The predicted molar refractivity (Wildman–Crippen MR) is 121 cm³/mol. The number of hydrogen-bond donors (Lipinski definition) is 0. The van der Waals surface area contributed by atoms with Crippen LogP contribution in [0.25, 0.3) is 11.0 Å². The van der Waals surface area contributed by atoms with Gasteiger partial charge in [0.25, 0.3) is 0 Å². The highest BCUT2D eigenvalue weighted by atomic mass is 79.9. The molecule has 7 heteroatoms. The summed E-state index contributed by atoms with van der Waals surface area (Å²) in [5, 5.41) is 0.641. The standard InChI is InChI=1S/C24H25BrO6/c1-6-29-23(27)20-16-11-19(17(25)12-18(16)31-21(20)24(2,3)4)30-13-14-7-9-15(10-8-14)22(26)28-5/h7-12H,6,13H2,1-5H3. The molecule has 0 saturated carbocycles. The minimum Gasteiger partial charge on any atom is -0.488 e. The first-order valence-corrected chi connectivity index (χ1v) is 10.7. The molecule has 0 fully saturated rings. The van der Waals surface area contributed by atoms with Gasteiger partial charge in [-0.3, -0.25) is 0 Å². The van der Waals surface area contributed by atoms with E-state index in [9.17, 15) is 9.59 Å². The highest BCUT2D eigenvalue weighted by Gasteiger charge is 2.30. The maximum absolute atomic E-state index is 12.7. The van der Waals surface area contributed by atoms with Crippen molar-refractivity contribution < 1.29 is 28.2 Å². The Morgan fingerprint density at radius 2 is 1.74 bits per heavy atom. The molecular formula is C24H25BrO6. The SMILES string of the molecule is CCOC(=O)c1c(C(C)(C)C)oc2cc(Br)c(OCc3ccc(C(=O)OC)cc3)cc12. The van der Waals surface area contributed by atoms with Gasteiger partial charge >= 0.3 is 11.9 Å². The molecule has 0 bridgehead atoms. The maximum Gasteiger partial charge on any atom is 0.342 e. The van der Waals surface area contributed by atoms with E-state index in [1.165, 1.54) is 7.11 Å². The summed E-state index contributed by atoms with van der Waals surface area (Å²) in [4.78, 5) is 24.3. The summed E-state index contributed by atoms with van der Waals surface area (Å²) in [6.07, 6.45) is 0. The second-order valence-corrected chi connectivity index (χ2v) is 8.89. The molecule has 3 aromatic rings. The Morgan fingerprint density at radius 3 is 2.32 bits per heavy atom. The van der Waals surface area contributed by atoms with Crippen molar-refractivity contribution in [3.63, 3.8) is 0 Å². The molecule has 164 valence electrons. The van der Waals surface area contributed by atoms with Gasteiger partial charge in [0.05, 0.1) is 23.8 Å². The van der Waals surface area contributed by atoms with Gasteiger partial charge in [0.1, 0.15) is 29.3 Å². The Kier molecular flexibility index (Phi) is 6.74. The number of benzene rings is 2. The highest BCUT2D eigenvalue weighted by Crippen LogP contribution is 2.39. The zero-order chi connectivity index (χ0) is 22.8. The van der Waals surface area contributed by atoms with Crippen LogP contribution in [0.3, 0.4) is 0 Å². The van der Waals surface area contributed by atoms with E-state index in [-0.39, 0.29) is 24.6 Å². The lowest BCUT2D eigenvalue weighted by Crippen LogP contribution is -2.16. The Bertz CT molecular complexity index is 1110. The van der Waals surface area contributed by atoms with E-state index in [2.05, 4.69) is 15.9 Å². The molecule has 0 unspecified atom stereocenters. The van der Waals surface area contributed by atoms with Crippen LogP contribution in [0, 0.1) is 0 Å². The Balaban J connectivity index is 1.94. The number of esters is 2. The first-order chi connectivity index (χ1) is 14.7. The Hall–Kier alpha value is -2.80. The minimum atomic E-state index is -0.419. The highest BCUT2D eigenvalue weighted by molar-refractivity contribution is 9.10. The molecule has 0 spiro atoms. The number of rotatable bonds is 6. The summed E-state index contributed by atoms with van der Waals surface area (Å²) in [5.41, 5.74) is 1.98. The van der Waals surface area contributed by atoms with E-state index >= 15 is 0 Å². The Morgan fingerprint density at radius 1 is 1.06 bits per heavy atom. The van der Waals surface area contributed by atoms with Gasteiger partial charge in [0.15, 0.2) is 0 Å². The fourth-order valence-corrected chi connectivity index (χ4v) is 3.60. The van der Waals surface area contributed by atoms with Crippen molar-refractivity contribution in [1.29, 1.82) is 0 Å². The fraction of sp³-hybridized carbons (Fsp3) is 0.333. The summed E-state index contributed by atoms with van der Waals surface area (Å²) in [7, 11) is 1.35. The average Bonchev–Trinajstić information content (AvgIpc) is 3.10. The molecule has 1 heterocycles. The molecule has 0 aliphatic carbocycles. The third-order valence-corrected chi connectivity index (χ3v) is 5.29. The van der Waals surface area contributed by atoms with Crippen molar-refractivity contribution >= 4 is 38.8 Å². The van der Waals surface area contributed by atoms with Crippen LogP contribution in [0.2, 0.25) is 0 Å². The van der Waals surface area contributed by atoms with Crippen molar-refractivity contribution in [2.45, 2.75) is 39.7 Å². The van der Waals surface area contributed by atoms with E-state index in [0.717, 1.165) is 5.56 Å². The van der Waals surface area contributed by atoms with Gasteiger partial charge in [0.2, 0.25) is 0 Å². The summed E-state index contributed by atoms with van der Waals surface area (Å²) in [5.74, 6) is 0.333. The summed E-state index contributed by atoms with van der Waals surface area (Å²) < 4.78 is 22.7. The molecule has 2 aromatic carbocycles. The number of hydrogen-bond acceptors (Lipinski definition) is 6. The predicted octanol–water partition coefficient (Wildman–Crippen LogP) is 6.04. The van der Waals surface area contributed by atoms with Gasteiger partial charge in [-0.25, -0.2) is 9.59 Å². The molecule has 3 rings (SSSR count). The van der Waals surface area contributed by atoms with E-state index < -0.39 is 5.97 Å². The van der Waals surface area contributed by atoms with Gasteiger partial charge in [-0.2, -0.15) is 0 Å². The Labute approximate surface area is 189 Å². The van der Waals surface area contributed by atoms with Crippen LogP contribution in [0.1, 0.15) is 59.7 Å². The van der Waals surface area contributed by atoms with Crippen molar-refractivity contribution in [1.82, 2.24) is 0 Å². The van der Waals surface area contributed by atoms with Crippen molar-refractivity contribution in [2.75, 3.05) is 13.7 Å². The average molecular weight is 489 g/mol. The fourth-order valence-electron chi connectivity index (χ4n) is 3.16. The van der Waals surface area contributed by atoms with Crippen LogP contribution in [-0.2, 0) is 21.5 Å². The summed E-state index contributed by atoms with van der Waals surface area (Å²) >= 11 is 3.52. The first kappa shape index (κ1) is 22.9. The van der Waals surface area contributed by atoms with Crippen LogP contribution in [0.5, 0.6) is 5.75 Å². The molecule has 0 radical (unpaired) electrons. The topological polar surface area (TPSA) is 75.0 Å². The third-order valence-electron chi connectivity index (χ3n) is 4.67. The van der Waals surface area contributed by atoms with Crippen molar-refractivity contribution in [2.24, 2.45) is 0 Å². The normalized spacial score (nSPS) is 11.4. The van der Waals surface area contributed by atoms with Crippen molar-refractivity contribution in [3.8, 4) is 5.75 Å². The maximum atomic E-state index is 12.7. The molecule has 0 atom stereocenters. The molecule has 0 aliphatic heterocycles. The number of carbonyl (C=O) groups is 2. The summed E-state index contributed by atoms with van der Waals surface area (Å²) in [6.45, 7) is 8.28. The lowest BCUT2D eigenvalue weighted by Gasteiger charge is -2.16. The molecule has 31 heavy (non-hydrogen) atoms. The molecule has 0 aliphatic rings. The number of fused-ring (bicyclic) bond motifs is 1. The van der Waals surface area contributed by atoms with E-state index in [1.807, 2.05) is 20.8 Å². The van der Waals surface area contributed by atoms with Gasteiger partial charge in [-0.05, 0) is 52.7 Å². The number of methoxy groups -OCH3 is 1. The lowest BCUT2D eigenvalue weighted by molar-refractivity contribution is 0.0522. The van der Waals surface area contributed by atoms with Gasteiger partial charge in [0, 0.05) is 10.8 Å². The first-order valence-electron chi connectivity index (χ1n) is 9.89. The van der Waals surface area contributed by atoms with Crippen LogP contribution >= 0.6 is 15.9 Å². The monoisotopic (exact) mass is 488 g/mol. The van der Waals surface area contributed by atoms with Crippen LogP contribution in [-0.4, -0.2) is 25.7 Å². The van der Waals surface area contributed by atoms with Gasteiger partial charge in [-0.15, -0.1) is 0 Å². The zero-order valence-electron chi connectivity index (χ0n) is 18.2. The smallest absolute Gasteiger partial charge is 0.342 e. The second kappa shape index (κ2) is 9.14. The number of furan rings is 1. The molecular weight excluding hydrogens is 464 g/mol. The number of ether oxygens (including phenoxy) is 3. The third kappa shape index (κ3) is 4.93. The van der Waals surface area contributed by atoms with Gasteiger partial charge in [-0.1, -0.05) is 32.9 Å². The van der Waals surface area contributed by atoms with E-state index in [0.29, 0.717) is 38.1 Å². The lowest BCUT2D eigenvalue weighted by atomic mass is 9.89. The quantitative estimate of drug-likeness (QED) is 0.394. The summed E-state index contributed by atoms with van der Waals surface area (Å²) in [6, 6.07) is 10.6. The van der Waals surface area contributed by atoms with Crippen LogP contribution in [0.15, 0.2) is 45.3 Å². The van der Waals surface area contributed by atoms with E-state index in [4.69, 9.17) is 18.6 Å². The van der Waals surface area contributed by atoms with Crippen LogP contribution < -0.4 is 4.74 Å².